The Bertz CT molecular complexity index is 7160. The van der Waals surface area contributed by atoms with Gasteiger partial charge in [0, 0.05) is 146 Å². The van der Waals surface area contributed by atoms with E-state index in [4.69, 9.17) is 45.2 Å². The van der Waals surface area contributed by atoms with E-state index in [9.17, 15) is 68.3 Å². The topological polar surface area (TPSA) is 110 Å². The van der Waals surface area contributed by atoms with Gasteiger partial charge in [0.05, 0.1) is 87.8 Å². The Morgan fingerprint density at radius 3 is 1.74 bits per heavy atom. The zero-order valence-corrected chi connectivity index (χ0v) is 54.8. The van der Waals surface area contributed by atoms with E-state index in [0.29, 0.717) is 16.3 Å². The van der Waals surface area contributed by atoms with Crippen LogP contribution >= 0.6 is 23.5 Å². The molecular weight excluding hydrogens is 1410 g/mol. The van der Waals surface area contributed by atoms with Crippen molar-refractivity contribution in [3.8, 4) is 22.3 Å². The van der Waals surface area contributed by atoms with Crippen LogP contribution in [0.25, 0.3) is 44.1 Å². The number of benzene rings is 8. The number of hydrogen-bond donors (Lipinski definition) is 0. The number of amides is 2. The van der Waals surface area contributed by atoms with Gasteiger partial charge in [0.2, 0.25) is 11.8 Å². The molecule has 0 unspecified atom stereocenters. The van der Waals surface area contributed by atoms with Crippen molar-refractivity contribution in [1.29, 1.82) is 0 Å². The van der Waals surface area contributed by atoms with Gasteiger partial charge in [-0.1, -0.05) is 115 Å². The molecule has 2 saturated heterocycles. The fraction of sp³-hybridized carbons (Fsp3) is 0.309. The van der Waals surface area contributed by atoms with Crippen LogP contribution in [-0.2, 0) is 69.0 Å². The molecule has 0 saturated carbocycles. The van der Waals surface area contributed by atoms with Crippen LogP contribution in [-0.4, -0.2) is 119 Å². The summed E-state index contributed by atoms with van der Waals surface area (Å²) < 4.78 is 558. The highest BCUT2D eigenvalue weighted by Crippen LogP contribution is 2.36. The van der Waals surface area contributed by atoms with Crippen molar-refractivity contribution < 1.29 is 127 Å². The lowest BCUT2D eigenvalue weighted by Crippen LogP contribution is -2.48. The maximum Gasteiger partial charge on any atom is 0.416 e. The van der Waals surface area contributed by atoms with Gasteiger partial charge in [-0.2, -0.15) is 26.3 Å². The number of halogens is 10. The molecule has 105 heavy (non-hydrogen) atoms. The van der Waals surface area contributed by atoms with Crippen LogP contribution in [0.5, 0.6) is 0 Å². The van der Waals surface area contributed by atoms with E-state index in [1.165, 1.54) is 60.7 Å². The number of alkyl halides is 6. The van der Waals surface area contributed by atoms with Crippen LogP contribution in [0.4, 0.5) is 43.9 Å². The van der Waals surface area contributed by atoms with Crippen LogP contribution in [0.15, 0.2) is 207 Å². The number of pyridine rings is 2. The first-order valence-electron chi connectivity index (χ1n) is 53.3. The molecule has 8 aromatic carbocycles. The molecule has 12 nitrogen and oxygen atoms in total. The summed E-state index contributed by atoms with van der Waals surface area (Å²) in [5.41, 5.74) is -13.0. The smallest absolute Gasteiger partial charge is 0.383 e. The highest BCUT2D eigenvalue weighted by atomic mass is 32.2. The normalized spacial score (nSPS) is 25.9. The summed E-state index contributed by atoms with van der Waals surface area (Å²) in [7, 11) is -7.28. The first-order valence-corrected chi connectivity index (χ1v) is 31.8. The average Bonchev–Trinajstić information content (AvgIpc) is 0.663. The predicted octanol–water partition coefficient (Wildman–Crippen LogP) is 17.1. The van der Waals surface area contributed by atoms with Gasteiger partial charge in [0.1, 0.15) is 13.0 Å². The van der Waals surface area contributed by atoms with Gasteiger partial charge >= 0.3 is 12.4 Å². The molecule has 0 spiro atoms. The van der Waals surface area contributed by atoms with Crippen molar-refractivity contribution >= 4 is 57.1 Å². The van der Waals surface area contributed by atoms with Gasteiger partial charge in [0.15, 0.2) is 34.1 Å². The average molecular weight is 1530 g/mol. The molecule has 2 fully saturated rings. The van der Waals surface area contributed by atoms with Crippen LogP contribution in [0.1, 0.15) is 129 Å². The van der Waals surface area contributed by atoms with E-state index in [1.807, 2.05) is 0 Å². The summed E-state index contributed by atoms with van der Waals surface area (Å²) in [6.07, 6.45) is -28.3. The number of carbonyl (C=O) groups excluding carboxylic acids is 2. The Hall–Kier alpha value is -9.04. The van der Waals surface area contributed by atoms with Gasteiger partial charge in [-0.15, -0.1) is 23.5 Å². The zero-order valence-electron chi connectivity index (χ0n) is 100. The lowest BCUT2D eigenvalue weighted by atomic mass is 9.97. The number of fused-ring (bicyclic) bond motifs is 2. The molecule has 2 aliphatic heterocycles. The van der Waals surface area contributed by atoms with E-state index in [1.54, 1.807) is 0 Å². The van der Waals surface area contributed by atoms with Crippen molar-refractivity contribution in [1.82, 2.24) is 28.7 Å². The minimum absolute atomic E-state index is 0.103. The number of ether oxygens (including phenoxy) is 2. The second kappa shape index (κ2) is 34.9. The molecular formula is C81H78F10N6O6S2. The van der Waals surface area contributed by atoms with Gasteiger partial charge in [-0.25, -0.2) is 17.6 Å². The number of piperidine rings is 2. The third kappa shape index (κ3) is 19.3. The predicted molar refractivity (Wildman–Crippen MR) is 391 cm³/mol. The van der Waals surface area contributed by atoms with Crippen LogP contribution in [0, 0.1) is 30.2 Å². The minimum atomic E-state index is -5.54. The van der Waals surface area contributed by atoms with E-state index >= 15 is 14.0 Å². The Labute approximate surface area is 676 Å². The number of carbonyl (C=O) groups is 2. The maximum absolute atomic E-state index is 16.0. The molecule has 24 heteroatoms. The molecule has 0 aliphatic carbocycles. The molecule has 2 aromatic heterocycles. The second-order valence-electron chi connectivity index (χ2n) is 21.5. The molecule has 0 atom stereocenters. The van der Waals surface area contributed by atoms with E-state index in [2.05, 4.69) is 9.47 Å². The summed E-state index contributed by atoms with van der Waals surface area (Å²) in [6, 6.07) is -13.1. The van der Waals surface area contributed by atoms with Gasteiger partial charge in [-0.05, 0) is 132 Å². The lowest BCUT2D eigenvalue weighted by molar-refractivity contribution is -0.138. The molecule has 0 N–H and O–H groups in total. The van der Waals surface area contributed by atoms with Crippen LogP contribution < -0.4 is 10.9 Å². The highest BCUT2D eigenvalue weighted by molar-refractivity contribution is 7.98. The number of para-hydroxylation sites is 2. The fourth-order valence-electron chi connectivity index (χ4n) is 9.51. The molecule has 2 amide bonds. The number of methoxy groups -OCH3 is 2. The number of aromatic nitrogens is 2. The summed E-state index contributed by atoms with van der Waals surface area (Å²) >= 11 is 0.313. The summed E-state index contributed by atoms with van der Waals surface area (Å²) in [4.78, 5) is 57.1. The SMILES string of the molecule is [2H]C([2H])([2H])OC([2H])([2H])CN1C([2H])([2H])C([2H])([2H])C([2H])(N(Cc2ccc(-c3ccc(C(F)(F)F)cc3)cc2)C(=O)C([2H])([2H])n2c(SCc3cccc(F)c3F)cc(=O)c3ccccc32)C([2H])([2H])C1([2H])[2H].[2H]c1c([2H])c(F)c(F)c(CSc2c([2H])c(=O)c3c([2H])c([2H])c([2H])c([2H])c3n2C([2H])([2H])C(=O)N(Cc2c([2H])c([2H])c(-c3c([2H])c([2H])c(C(F)(F)F)c([2H])c3[2H])c([2H])c2C)C2([2H])C([2H])([2H])C([2H])([2H])N(CC([2H])([2H])OC([2H])([2H])[2H])C([2H])([2H])C2([2H])[2H])c1[2H]. The monoisotopic (exact) mass is 1530 g/mol. The standard InChI is InChI=1S/C41H40F5N3O3S.C40H38F5N3O3S/c1-27-22-29(28-12-14-32(15-13-28)41(44,45)46)10-11-30(27)24-48(33-16-18-47(19-17-33)20-21-52-2)38(51)25-49-36-9-4-3-7-34(36)37(50)23-39(49)53-26-31-6-5-8-35(42)40(31)43;1-51-22-21-46-19-17-32(18-20-46)47(24-27-9-11-28(12-10-27)29-13-15-31(16-14-29)40(43,44)45)37(50)25-48-35-8-3-2-6-33(35)36(49)23-38(48)52-26-30-5-4-7-34(41)39(30)42/h3-15,22-23,33H,16-21,24-26H2,1-2H3;2-16,23,32H,17-22,24-26H2,1H3/i2D3,3D,4D,5D,6D,7D,8D,9D,10D,11D,12D,13D,14D,15D,16D2,17D2,18D2,19D2,21D2,22D,23D,25D2,33D;1D3,17D2,18D2,19D2,20D2,22D2,25D2,32D. The Morgan fingerprint density at radius 1 is 0.552 bits per heavy atom. The van der Waals surface area contributed by atoms with Gasteiger partial charge in [0.25, 0.3) is 0 Å². The van der Waals surface area contributed by atoms with Crippen LogP contribution in [0.3, 0.4) is 0 Å². The van der Waals surface area contributed by atoms with Crippen LogP contribution in [0.2, 0.25) is 0 Å². The van der Waals surface area contributed by atoms with Crippen molar-refractivity contribution in [3.63, 3.8) is 0 Å². The molecule has 550 valence electrons. The minimum Gasteiger partial charge on any atom is -0.383 e. The molecule has 0 radical (unpaired) electrons. The number of likely N-dealkylation sites (tertiary alicyclic amines) is 2. The molecule has 12 rings (SSSR count). The number of thioether (sulfide) groups is 2. The number of rotatable bonds is 24. The van der Waals surface area contributed by atoms with Crippen molar-refractivity contribution in [2.24, 2.45) is 0 Å². The molecule has 0 bridgehead atoms. The van der Waals surface area contributed by atoms with E-state index < -0.39 is 360 Å². The highest BCUT2D eigenvalue weighted by Gasteiger charge is 2.34. The fourth-order valence-corrected chi connectivity index (χ4v) is 11.4. The Morgan fingerprint density at radius 2 is 1.11 bits per heavy atom. The van der Waals surface area contributed by atoms with Crippen molar-refractivity contribution in [2.45, 2.75) is 104 Å². The van der Waals surface area contributed by atoms with E-state index in [-0.39, 0.29) is 59.3 Å². The number of nitrogens with zero attached hydrogens (tertiary/aromatic N) is 6. The summed E-state index contributed by atoms with van der Waals surface area (Å²) in [5.74, 6) is -13.2. The first-order chi connectivity index (χ1) is 68.7. The zero-order chi connectivity index (χ0) is 116. The van der Waals surface area contributed by atoms with E-state index in [0.717, 1.165) is 43.3 Å². The summed E-state index contributed by atoms with van der Waals surface area (Å²) in [5, 5.41) is -3.44. The quantitative estimate of drug-likeness (QED) is 0.0428. The van der Waals surface area contributed by atoms with Crippen molar-refractivity contribution in [3.05, 3.63) is 270 Å². The summed E-state index contributed by atoms with van der Waals surface area (Å²) in [6.45, 7) is -39.5. The first kappa shape index (κ1) is 37.0. The lowest BCUT2D eigenvalue weighted by Gasteiger charge is -2.39. The largest absolute Gasteiger partial charge is 0.416 e. The third-order valence-corrected chi connectivity index (χ3v) is 16.8. The van der Waals surface area contributed by atoms with Crippen molar-refractivity contribution in [2.75, 3.05) is 66.3 Å². The Balaban J connectivity index is 0.000000294. The maximum atomic E-state index is 16.0. The molecule has 10 aromatic rings. The number of hydrogen-bond acceptors (Lipinski definition) is 10. The van der Waals surface area contributed by atoms with Gasteiger partial charge in [-0.3, -0.25) is 19.2 Å². The second-order valence-corrected chi connectivity index (χ2v) is 23.4. The third-order valence-electron chi connectivity index (χ3n) is 14.7. The van der Waals surface area contributed by atoms with Gasteiger partial charge < -0.3 is 38.2 Å². The molecule has 4 heterocycles. The molecule has 2 aliphatic rings. The Kier molecular flexibility index (Phi) is 12.3.